The van der Waals surface area contributed by atoms with Crippen molar-refractivity contribution in [3.05, 3.63) is 106 Å². The summed E-state index contributed by atoms with van der Waals surface area (Å²) in [4.78, 5) is 31.7. The molecule has 0 aliphatic carbocycles. The summed E-state index contributed by atoms with van der Waals surface area (Å²) < 4.78 is 2.16. The molecule has 4 aromatic rings. The van der Waals surface area contributed by atoms with Gasteiger partial charge in [-0.2, -0.15) is 0 Å². The molecule has 0 bridgehead atoms. The lowest BCUT2D eigenvalue weighted by atomic mass is 9.97. The number of hydrogen-bond donors (Lipinski definition) is 0. The van der Waals surface area contributed by atoms with Gasteiger partial charge in [-0.25, -0.2) is 0 Å². The molecule has 5 nitrogen and oxygen atoms in total. The normalized spacial score (nSPS) is 14.3. The fourth-order valence-corrected chi connectivity index (χ4v) is 5.41. The Bertz CT molecular complexity index is 1320. The van der Waals surface area contributed by atoms with Gasteiger partial charge in [0.15, 0.2) is 0 Å². The molecule has 1 unspecified atom stereocenters. The zero-order valence-electron chi connectivity index (χ0n) is 20.1. The number of anilines is 1. The summed E-state index contributed by atoms with van der Waals surface area (Å²) >= 11 is 1.42. The van der Waals surface area contributed by atoms with Gasteiger partial charge < -0.3 is 9.47 Å². The predicted octanol–water partition coefficient (Wildman–Crippen LogP) is 6.23. The van der Waals surface area contributed by atoms with Crippen LogP contribution in [0.2, 0.25) is 0 Å². The minimum absolute atomic E-state index is 0.0359. The van der Waals surface area contributed by atoms with Crippen LogP contribution >= 0.6 is 11.3 Å². The van der Waals surface area contributed by atoms with Crippen molar-refractivity contribution >= 4 is 28.8 Å². The Hall–Kier alpha value is -3.64. The molecule has 0 radical (unpaired) electrons. The first-order valence-electron chi connectivity index (χ1n) is 12.1. The molecule has 6 heteroatoms. The van der Waals surface area contributed by atoms with Crippen LogP contribution in [0.1, 0.15) is 52.3 Å². The molecule has 0 saturated carbocycles. The molecule has 1 aliphatic rings. The van der Waals surface area contributed by atoms with Crippen molar-refractivity contribution in [2.75, 3.05) is 18.0 Å². The highest BCUT2D eigenvalue weighted by molar-refractivity contribution is 7.12. The van der Waals surface area contributed by atoms with Crippen molar-refractivity contribution in [1.82, 2.24) is 9.47 Å². The van der Waals surface area contributed by atoms with Gasteiger partial charge in [0, 0.05) is 12.7 Å². The topological polar surface area (TPSA) is 45.6 Å². The van der Waals surface area contributed by atoms with Gasteiger partial charge in [-0.3, -0.25) is 14.5 Å². The van der Waals surface area contributed by atoms with E-state index < -0.39 is 0 Å². The molecule has 5 rings (SSSR count). The molecular formula is C29H29N3O2S. The monoisotopic (exact) mass is 483 g/mol. The van der Waals surface area contributed by atoms with E-state index in [1.807, 2.05) is 58.9 Å². The average molecular weight is 484 g/mol. The first-order valence-corrected chi connectivity index (χ1v) is 12.9. The van der Waals surface area contributed by atoms with Gasteiger partial charge in [0.25, 0.3) is 5.91 Å². The molecule has 0 fully saturated rings. The Kier molecular flexibility index (Phi) is 6.55. The lowest BCUT2D eigenvalue weighted by Crippen LogP contribution is -2.47. The lowest BCUT2D eigenvalue weighted by molar-refractivity contribution is -0.119. The number of para-hydroxylation sites is 2. The summed E-state index contributed by atoms with van der Waals surface area (Å²) in [5, 5.41) is 1.90. The van der Waals surface area contributed by atoms with Crippen molar-refractivity contribution in [3.63, 3.8) is 0 Å². The average Bonchev–Trinajstić information content (AvgIpc) is 3.58. The number of fused-ring (bicyclic) bond motifs is 3. The Morgan fingerprint density at radius 1 is 0.943 bits per heavy atom. The van der Waals surface area contributed by atoms with Crippen LogP contribution in [0.4, 0.5) is 5.69 Å². The second-order valence-corrected chi connectivity index (χ2v) is 9.87. The second-order valence-electron chi connectivity index (χ2n) is 8.93. The minimum atomic E-state index is -0.280. The highest BCUT2D eigenvalue weighted by Gasteiger charge is 2.37. The third-order valence-corrected chi connectivity index (χ3v) is 7.37. The van der Waals surface area contributed by atoms with Crippen LogP contribution < -0.4 is 4.90 Å². The molecule has 2 aromatic heterocycles. The predicted molar refractivity (Wildman–Crippen MR) is 141 cm³/mol. The third kappa shape index (κ3) is 4.42. The molecule has 2 amide bonds. The molecule has 0 saturated heterocycles. The van der Waals surface area contributed by atoms with Gasteiger partial charge in [0.1, 0.15) is 12.6 Å². The molecule has 0 N–H and O–H groups in total. The zero-order chi connectivity index (χ0) is 24.4. The molecule has 35 heavy (non-hydrogen) atoms. The first-order chi connectivity index (χ1) is 17.1. The number of carbonyl (C=O) groups is 2. The molecule has 0 spiro atoms. The number of thiophene rings is 1. The fraction of sp³-hybridized carbons (Fsp3) is 0.241. The number of hydrogen-bond acceptors (Lipinski definition) is 3. The van der Waals surface area contributed by atoms with E-state index in [4.69, 9.17) is 0 Å². The first kappa shape index (κ1) is 23.1. The van der Waals surface area contributed by atoms with E-state index in [9.17, 15) is 9.59 Å². The van der Waals surface area contributed by atoms with Crippen LogP contribution in [0.5, 0.6) is 0 Å². The number of aromatic nitrogens is 1. The number of unbranched alkanes of at least 4 members (excludes halogenated alkanes) is 1. The van der Waals surface area contributed by atoms with Crippen LogP contribution in [0.15, 0.2) is 84.4 Å². The summed E-state index contributed by atoms with van der Waals surface area (Å²) in [6, 6.07) is 23.9. The smallest absolute Gasteiger partial charge is 0.264 e. The summed E-state index contributed by atoms with van der Waals surface area (Å²) in [6.07, 6.45) is 3.85. The Morgan fingerprint density at radius 3 is 2.43 bits per heavy atom. The van der Waals surface area contributed by atoms with Crippen LogP contribution in [-0.2, 0) is 4.79 Å². The van der Waals surface area contributed by atoms with E-state index in [1.165, 1.54) is 16.9 Å². The largest absolute Gasteiger partial charge is 0.329 e. The second kappa shape index (κ2) is 9.92. The lowest BCUT2D eigenvalue weighted by Gasteiger charge is -2.39. The Balaban J connectivity index is 1.56. The maximum absolute atomic E-state index is 14.1. The molecule has 1 aliphatic heterocycles. The van der Waals surface area contributed by atoms with Gasteiger partial charge in [-0.05, 0) is 54.6 Å². The number of carbonyl (C=O) groups excluding carboxylic acids is 2. The summed E-state index contributed by atoms with van der Waals surface area (Å²) in [5.74, 6) is -0.168. The van der Waals surface area contributed by atoms with Gasteiger partial charge in [0.05, 0.1) is 21.9 Å². The zero-order valence-corrected chi connectivity index (χ0v) is 20.9. The van der Waals surface area contributed by atoms with E-state index in [-0.39, 0.29) is 24.4 Å². The van der Waals surface area contributed by atoms with Crippen LogP contribution in [0, 0.1) is 6.92 Å². The highest BCUT2D eigenvalue weighted by Crippen LogP contribution is 2.42. The maximum atomic E-state index is 14.1. The van der Waals surface area contributed by atoms with E-state index in [0.29, 0.717) is 11.4 Å². The number of aryl methyl sites for hydroxylation is 1. The molecule has 2 aromatic carbocycles. The summed E-state index contributed by atoms with van der Waals surface area (Å²) in [6.45, 7) is 4.75. The number of amides is 2. The highest BCUT2D eigenvalue weighted by atomic mass is 32.1. The SMILES string of the molecule is CCCCN(CC(=O)N1c2ccccc2-n2cccc2C1c1ccc(C)cc1)C(=O)c1cccs1. The number of rotatable bonds is 7. The van der Waals surface area contributed by atoms with E-state index in [0.717, 1.165) is 35.5 Å². The molecular weight excluding hydrogens is 454 g/mol. The maximum Gasteiger partial charge on any atom is 0.264 e. The minimum Gasteiger partial charge on any atom is -0.329 e. The summed E-state index contributed by atoms with van der Waals surface area (Å²) in [7, 11) is 0. The van der Waals surface area contributed by atoms with Gasteiger partial charge in [0.2, 0.25) is 5.91 Å². The van der Waals surface area contributed by atoms with E-state index >= 15 is 0 Å². The van der Waals surface area contributed by atoms with E-state index in [1.54, 1.807) is 4.90 Å². The van der Waals surface area contributed by atoms with Crippen molar-refractivity contribution < 1.29 is 9.59 Å². The standard InChI is InChI=1S/C29H29N3O2S/c1-3-4-17-30(29(34)26-12-8-19-35-26)20-27(33)32-24-10-6-5-9-23(24)31-18-7-11-25(31)28(32)22-15-13-21(2)14-16-22/h5-16,18-19,28H,3-4,17,20H2,1-2H3. The molecule has 1 atom stereocenters. The van der Waals surface area contributed by atoms with Gasteiger partial charge in [-0.1, -0.05) is 61.4 Å². The van der Waals surface area contributed by atoms with Crippen molar-refractivity contribution in [3.8, 4) is 5.69 Å². The van der Waals surface area contributed by atoms with E-state index in [2.05, 4.69) is 48.7 Å². The molecule has 3 heterocycles. The van der Waals surface area contributed by atoms with Crippen molar-refractivity contribution in [2.24, 2.45) is 0 Å². The Labute approximate surface area is 210 Å². The quantitative estimate of drug-likeness (QED) is 0.313. The van der Waals surface area contributed by atoms with Crippen LogP contribution in [-0.4, -0.2) is 34.4 Å². The number of nitrogens with zero attached hydrogens (tertiary/aromatic N) is 3. The number of benzene rings is 2. The Morgan fingerprint density at radius 2 is 1.71 bits per heavy atom. The van der Waals surface area contributed by atoms with Crippen LogP contribution in [0.25, 0.3) is 5.69 Å². The van der Waals surface area contributed by atoms with Crippen molar-refractivity contribution in [2.45, 2.75) is 32.7 Å². The third-order valence-electron chi connectivity index (χ3n) is 6.51. The van der Waals surface area contributed by atoms with Crippen LogP contribution in [0.3, 0.4) is 0 Å². The van der Waals surface area contributed by atoms with Gasteiger partial charge >= 0.3 is 0 Å². The fourth-order valence-electron chi connectivity index (χ4n) is 4.72. The van der Waals surface area contributed by atoms with Crippen molar-refractivity contribution in [1.29, 1.82) is 0 Å². The summed E-state index contributed by atoms with van der Waals surface area (Å²) in [5.41, 5.74) is 5.07. The van der Waals surface area contributed by atoms with Gasteiger partial charge in [-0.15, -0.1) is 11.3 Å². The molecule has 178 valence electrons.